The third-order valence-electron chi connectivity index (χ3n) is 1.61. The zero-order chi connectivity index (χ0) is 9.68. The molecule has 0 aliphatic carbocycles. The molecule has 0 fully saturated rings. The van der Waals surface area contributed by atoms with E-state index in [0.717, 1.165) is 16.1 Å². The highest BCUT2D eigenvalue weighted by Crippen LogP contribution is 2.22. The van der Waals surface area contributed by atoms with E-state index in [-0.39, 0.29) is 0 Å². The van der Waals surface area contributed by atoms with Crippen molar-refractivity contribution in [2.24, 2.45) is 5.92 Å². The fourth-order valence-corrected chi connectivity index (χ4v) is 2.40. The van der Waals surface area contributed by atoms with Crippen molar-refractivity contribution in [3.8, 4) is 0 Å². The van der Waals surface area contributed by atoms with Crippen LogP contribution in [0.1, 0.15) is 6.92 Å². The molecule has 1 unspecified atom stereocenters. The Labute approximate surface area is 97.2 Å². The summed E-state index contributed by atoms with van der Waals surface area (Å²) >= 11 is 11.1. The smallest absolute Gasteiger partial charge is 0.0406 e. The molecule has 0 aliphatic rings. The van der Waals surface area contributed by atoms with Crippen molar-refractivity contribution < 1.29 is 0 Å². The maximum absolute atomic E-state index is 5.78. The van der Waals surface area contributed by atoms with Crippen LogP contribution in [-0.4, -0.2) is 11.1 Å². The van der Waals surface area contributed by atoms with Gasteiger partial charge in [-0.15, -0.1) is 11.8 Å². The molecule has 0 saturated heterocycles. The Kier molecular flexibility index (Phi) is 5.22. The topological polar surface area (TPSA) is 0 Å². The van der Waals surface area contributed by atoms with Crippen LogP contribution in [0, 0.1) is 5.92 Å². The Morgan fingerprint density at radius 1 is 1.38 bits per heavy atom. The summed E-state index contributed by atoms with van der Waals surface area (Å²) in [5.74, 6) is 1.85. The van der Waals surface area contributed by atoms with Crippen molar-refractivity contribution in [2.45, 2.75) is 11.8 Å². The molecule has 0 aromatic heterocycles. The Bertz CT molecular complexity index is 248. The van der Waals surface area contributed by atoms with E-state index in [1.54, 1.807) is 0 Å². The normalized spacial score (nSPS) is 12.8. The summed E-state index contributed by atoms with van der Waals surface area (Å²) in [6.45, 7) is 2.23. The summed E-state index contributed by atoms with van der Waals surface area (Å²) in [6, 6.07) is 7.99. The summed E-state index contributed by atoms with van der Waals surface area (Å²) in [5.41, 5.74) is 0. The van der Waals surface area contributed by atoms with Gasteiger partial charge in [-0.25, -0.2) is 0 Å². The number of hydrogen-bond donors (Lipinski definition) is 0. The third kappa shape index (κ3) is 4.39. The lowest BCUT2D eigenvalue weighted by atomic mass is 10.3. The van der Waals surface area contributed by atoms with Crippen LogP contribution in [0.25, 0.3) is 0 Å². The molecule has 1 aromatic rings. The lowest BCUT2D eigenvalue weighted by Gasteiger charge is -2.06. The number of alkyl halides is 1. The fourth-order valence-electron chi connectivity index (χ4n) is 0.814. The molecule has 72 valence electrons. The second-order valence-electron chi connectivity index (χ2n) is 3.02. The standard InChI is InChI=1S/C10H12BrClS/c1-8(6-11)7-13-10-4-2-9(12)3-5-10/h2-5,8H,6-7H2,1H3. The highest BCUT2D eigenvalue weighted by atomic mass is 79.9. The Morgan fingerprint density at radius 2 is 2.00 bits per heavy atom. The van der Waals surface area contributed by atoms with Crippen molar-refractivity contribution in [1.29, 1.82) is 0 Å². The van der Waals surface area contributed by atoms with Crippen LogP contribution < -0.4 is 0 Å². The minimum Gasteiger partial charge on any atom is -0.126 e. The van der Waals surface area contributed by atoms with Crippen LogP contribution in [0.15, 0.2) is 29.2 Å². The Hall–Kier alpha value is 0.340. The molecule has 1 atom stereocenters. The number of hydrogen-bond acceptors (Lipinski definition) is 1. The maximum Gasteiger partial charge on any atom is 0.0406 e. The largest absolute Gasteiger partial charge is 0.126 e. The van der Waals surface area contributed by atoms with E-state index in [1.807, 2.05) is 23.9 Å². The molecular weight excluding hydrogens is 268 g/mol. The molecule has 0 radical (unpaired) electrons. The molecule has 13 heavy (non-hydrogen) atoms. The van der Waals surface area contributed by atoms with E-state index < -0.39 is 0 Å². The van der Waals surface area contributed by atoms with Gasteiger partial charge in [-0.2, -0.15) is 0 Å². The lowest BCUT2D eigenvalue weighted by molar-refractivity contribution is 0.770. The SMILES string of the molecule is CC(CBr)CSc1ccc(Cl)cc1. The van der Waals surface area contributed by atoms with Crippen molar-refractivity contribution in [3.63, 3.8) is 0 Å². The molecule has 0 bridgehead atoms. The number of halogens is 2. The van der Waals surface area contributed by atoms with Gasteiger partial charge in [0.2, 0.25) is 0 Å². The second kappa shape index (κ2) is 5.94. The number of thioether (sulfide) groups is 1. The zero-order valence-electron chi connectivity index (χ0n) is 7.47. The van der Waals surface area contributed by atoms with Crippen LogP contribution in [0.4, 0.5) is 0 Å². The first kappa shape index (κ1) is 11.4. The van der Waals surface area contributed by atoms with Gasteiger partial charge >= 0.3 is 0 Å². The predicted octanol–water partition coefficient (Wildman–Crippen LogP) is 4.46. The minimum atomic E-state index is 0.709. The van der Waals surface area contributed by atoms with Gasteiger partial charge in [0.25, 0.3) is 0 Å². The summed E-state index contributed by atoms with van der Waals surface area (Å²) in [7, 11) is 0. The average Bonchev–Trinajstić information content (AvgIpc) is 2.16. The number of rotatable bonds is 4. The Morgan fingerprint density at radius 3 is 2.54 bits per heavy atom. The molecule has 3 heteroatoms. The molecule has 0 heterocycles. The summed E-state index contributed by atoms with van der Waals surface area (Å²) in [4.78, 5) is 1.29. The van der Waals surface area contributed by atoms with Gasteiger partial charge in [-0.3, -0.25) is 0 Å². The van der Waals surface area contributed by atoms with Crippen LogP contribution in [-0.2, 0) is 0 Å². The van der Waals surface area contributed by atoms with Crippen LogP contribution in [0.5, 0.6) is 0 Å². The molecule has 1 rings (SSSR count). The molecule has 0 N–H and O–H groups in total. The first-order valence-corrected chi connectivity index (χ1v) is 6.65. The van der Waals surface area contributed by atoms with E-state index in [2.05, 4.69) is 35.0 Å². The van der Waals surface area contributed by atoms with E-state index in [9.17, 15) is 0 Å². The van der Waals surface area contributed by atoms with Crippen LogP contribution in [0.3, 0.4) is 0 Å². The van der Waals surface area contributed by atoms with Gasteiger partial charge in [0.05, 0.1) is 0 Å². The Balaban J connectivity index is 2.41. The quantitative estimate of drug-likeness (QED) is 0.579. The van der Waals surface area contributed by atoms with Gasteiger partial charge in [-0.05, 0) is 30.2 Å². The van der Waals surface area contributed by atoms with Gasteiger partial charge in [0, 0.05) is 21.0 Å². The van der Waals surface area contributed by atoms with Crippen LogP contribution >= 0.6 is 39.3 Å². The van der Waals surface area contributed by atoms with Crippen molar-refractivity contribution >= 4 is 39.3 Å². The summed E-state index contributed by atoms with van der Waals surface area (Å²) in [5, 5.41) is 1.87. The predicted molar refractivity (Wildman–Crippen MR) is 65.1 cm³/mol. The molecule has 0 spiro atoms. The zero-order valence-corrected chi connectivity index (χ0v) is 10.6. The molecule has 0 aliphatic heterocycles. The van der Waals surface area contributed by atoms with Crippen molar-refractivity contribution in [3.05, 3.63) is 29.3 Å². The lowest BCUT2D eigenvalue weighted by Crippen LogP contribution is -1.98. The molecule has 1 aromatic carbocycles. The van der Waals surface area contributed by atoms with Crippen LogP contribution in [0.2, 0.25) is 5.02 Å². The first-order valence-electron chi connectivity index (χ1n) is 4.16. The molecular formula is C10H12BrClS. The van der Waals surface area contributed by atoms with Gasteiger partial charge < -0.3 is 0 Å². The van der Waals surface area contributed by atoms with Gasteiger partial charge in [0.15, 0.2) is 0 Å². The highest BCUT2D eigenvalue weighted by molar-refractivity contribution is 9.09. The summed E-state index contributed by atoms with van der Waals surface area (Å²) < 4.78 is 0. The van der Waals surface area contributed by atoms with E-state index in [1.165, 1.54) is 4.90 Å². The summed E-state index contributed by atoms with van der Waals surface area (Å²) in [6.07, 6.45) is 0. The second-order valence-corrected chi connectivity index (χ2v) is 5.20. The van der Waals surface area contributed by atoms with E-state index in [4.69, 9.17) is 11.6 Å². The molecule has 0 saturated carbocycles. The fraction of sp³-hybridized carbons (Fsp3) is 0.400. The van der Waals surface area contributed by atoms with Crippen molar-refractivity contribution in [1.82, 2.24) is 0 Å². The number of benzene rings is 1. The van der Waals surface area contributed by atoms with E-state index >= 15 is 0 Å². The van der Waals surface area contributed by atoms with Crippen molar-refractivity contribution in [2.75, 3.05) is 11.1 Å². The minimum absolute atomic E-state index is 0.709. The molecule has 0 amide bonds. The van der Waals surface area contributed by atoms with E-state index in [0.29, 0.717) is 5.92 Å². The molecule has 0 nitrogen and oxygen atoms in total. The van der Waals surface area contributed by atoms with Gasteiger partial charge in [-0.1, -0.05) is 34.5 Å². The highest BCUT2D eigenvalue weighted by Gasteiger charge is 2.00. The first-order chi connectivity index (χ1) is 6.22. The average molecular weight is 280 g/mol. The monoisotopic (exact) mass is 278 g/mol. The van der Waals surface area contributed by atoms with Gasteiger partial charge in [0.1, 0.15) is 0 Å². The maximum atomic E-state index is 5.78. The third-order valence-corrected chi connectivity index (χ3v) is 4.31.